The van der Waals surface area contributed by atoms with E-state index in [0.717, 1.165) is 19.3 Å². The number of hydrogen-bond donors (Lipinski definition) is 2. The van der Waals surface area contributed by atoms with Crippen molar-refractivity contribution in [2.75, 3.05) is 0 Å². The SMILES string of the molecule is CCC1CC(C)(CC)C(N)C1C(C)(C)CC(C)(C)S(=O)(=O)O. The minimum atomic E-state index is -4.08. The summed E-state index contributed by atoms with van der Waals surface area (Å²) in [6.07, 6.45) is 3.61. The van der Waals surface area contributed by atoms with Crippen molar-refractivity contribution in [3.8, 4) is 0 Å². The molecule has 4 unspecified atom stereocenters. The lowest BCUT2D eigenvalue weighted by Crippen LogP contribution is -2.48. The van der Waals surface area contributed by atoms with Crippen molar-refractivity contribution in [3.05, 3.63) is 0 Å². The predicted octanol–water partition coefficient (Wildman–Crippen LogP) is 3.86. The first kappa shape index (κ1) is 19.9. The van der Waals surface area contributed by atoms with E-state index in [4.69, 9.17) is 5.73 Å². The Kier molecular flexibility index (Phi) is 5.49. The second-order valence-corrected chi connectivity index (χ2v) is 10.9. The summed E-state index contributed by atoms with van der Waals surface area (Å²) in [5.74, 6) is 0.774. The summed E-state index contributed by atoms with van der Waals surface area (Å²) in [5.41, 5.74) is 6.51. The van der Waals surface area contributed by atoms with Crippen molar-refractivity contribution < 1.29 is 13.0 Å². The van der Waals surface area contributed by atoms with Crippen LogP contribution in [0.1, 0.15) is 74.1 Å². The Bertz CT molecular complexity index is 498. The van der Waals surface area contributed by atoms with E-state index in [1.165, 1.54) is 0 Å². The average molecular weight is 334 g/mol. The molecular formula is C17H35NO3S. The molecule has 0 aromatic rings. The van der Waals surface area contributed by atoms with Gasteiger partial charge in [-0.1, -0.05) is 41.0 Å². The van der Waals surface area contributed by atoms with Crippen LogP contribution in [0.4, 0.5) is 0 Å². The van der Waals surface area contributed by atoms with Gasteiger partial charge in [-0.05, 0) is 55.8 Å². The van der Waals surface area contributed by atoms with Gasteiger partial charge in [-0.2, -0.15) is 8.42 Å². The van der Waals surface area contributed by atoms with E-state index in [2.05, 4.69) is 34.6 Å². The highest BCUT2D eigenvalue weighted by Gasteiger charge is 2.54. The summed E-state index contributed by atoms with van der Waals surface area (Å²) in [5, 5.41) is 0. The Balaban J connectivity index is 3.15. The molecule has 4 atom stereocenters. The molecule has 0 aliphatic heterocycles. The molecule has 0 aromatic carbocycles. The molecule has 0 saturated heterocycles. The molecule has 0 spiro atoms. The molecule has 0 heterocycles. The average Bonchev–Trinajstić information content (AvgIpc) is 2.60. The van der Waals surface area contributed by atoms with Gasteiger partial charge in [0.2, 0.25) is 0 Å². The zero-order valence-electron chi connectivity index (χ0n) is 15.3. The van der Waals surface area contributed by atoms with E-state index in [-0.39, 0.29) is 22.8 Å². The summed E-state index contributed by atoms with van der Waals surface area (Å²) >= 11 is 0. The lowest BCUT2D eigenvalue weighted by molar-refractivity contribution is 0.108. The Morgan fingerprint density at radius 1 is 1.23 bits per heavy atom. The standard InChI is InChI=1S/C17H35NO3S/c1-8-12-10-17(7,9-2)14(18)13(12)15(3,4)11-16(5,6)22(19,20)21/h12-14H,8-11,18H2,1-7H3,(H,19,20,21). The molecule has 0 radical (unpaired) electrons. The van der Waals surface area contributed by atoms with Gasteiger partial charge < -0.3 is 5.73 Å². The van der Waals surface area contributed by atoms with Crippen LogP contribution < -0.4 is 5.73 Å². The van der Waals surface area contributed by atoms with Gasteiger partial charge in [0.1, 0.15) is 0 Å². The van der Waals surface area contributed by atoms with E-state index in [1.807, 2.05) is 0 Å². The van der Waals surface area contributed by atoms with Gasteiger partial charge >= 0.3 is 0 Å². The topological polar surface area (TPSA) is 80.4 Å². The first-order chi connectivity index (χ1) is 9.72. The van der Waals surface area contributed by atoms with Gasteiger partial charge in [-0.3, -0.25) is 4.55 Å². The smallest absolute Gasteiger partial charge is 0.270 e. The van der Waals surface area contributed by atoms with Crippen LogP contribution in [0, 0.1) is 22.7 Å². The van der Waals surface area contributed by atoms with Gasteiger partial charge in [0.05, 0.1) is 4.75 Å². The normalized spacial score (nSPS) is 34.1. The van der Waals surface area contributed by atoms with Gasteiger partial charge in [-0.15, -0.1) is 0 Å². The third-order valence-electron chi connectivity index (χ3n) is 6.24. The van der Waals surface area contributed by atoms with Crippen LogP contribution in [-0.4, -0.2) is 23.8 Å². The van der Waals surface area contributed by atoms with Crippen LogP contribution in [0.15, 0.2) is 0 Å². The maximum Gasteiger partial charge on any atom is 0.270 e. The molecule has 0 aromatic heterocycles. The van der Waals surface area contributed by atoms with Gasteiger partial charge in [-0.25, -0.2) is 0 Å². The molecule has 5 heteroatoms. The van der Waals surface area contributed by atoms with E-state index in [1.54, 1.807) is 13.8 Å². The van der Waals surface area contributed by atoms with Crippen LogP contribution in [0.25, 0.3) is 0 Å². The Hall–Kier alpha value is -0.130. The van der Waals surface area contributed by atoms with Crippen LogP contribution in [0.5, 0.6) is 0 Å². The van der Waals surface area contributed by atoms with Crippen LogP contribution in [0.3, 0.4) is 0 Å². The molecule has 1 saturated carbocycles. The second-order valence-electron chi connectivity index (χ2n) is 8.83. The van der Waals surface area contributed by atoms with Gasteiger partial charge in [0.25, 0.3) is 10.1 Å². The monoisotopic (exact) mass is 333 g/mol. The lowest BCUT2D eigenvalue weighted by Gasteiger charge is -2.43. The molecule has 1 fully saturated rings. The molecule has 132 valence electrons. The zero-order chi connectivity index (χ0) is 17.6. The molecule has 1 aliphatic carbocycles. The lowest BCUT2D eigenvalue weighted by atomic mass is 9.66. The minimum absolute atomic E-state index is 0.0645. The summed E-state index contributed by atoms with van der Waals surface area (Å²) < 4.78 is 31.7. The van der Waals surface area contributed by atoms with Crippen molar-refractivity contribution >= 4 is 10.1 Å². The fraction of sp³-hybridized carbons (Fsp3) is 1.00. The van der Waals surface area contributed by atoms with Crippen molar-refractivity contribution in [1.82, 2.24) is 0 Å². The first-order valence-electron chi connectivity index (χ1n) is 8.44. The summed E-state index contributed by atoms with van der Waals surface area (Å²) in [6, 6.07) is 0.0645. The molecule has 4 nitrogen and oxygen atoms in total. The van der Waals surface area contributed by atoms with Gasteiger partial charge in [0.15, 0.2) is 0 Å². The summed E-state index contributed by atoms with van der Waals surface area (Å²) in [7, 11) is -4.08. The molecule has 0 bridgehead atoms. The third-order valence-corrected chi connectivity index (χ3v) is 7.78. The van der Waals surface area contributed by atoms with Gasteiger partial charge in [0, 0.05) is 6.04 Å². The van der Waals surface area contributed by atoms with Crippen LogP contribution >= 0.6 is 0 Å². The quantitative estimate of drug-likeness (QED) is 0.723. The Morgan fingerprint density at radius 2 is 1.73 bits per heavy atom. The Morgan fingerprint density at radius 3 is 2.09 bits per heavy atom. The van der Waals surface area contributed by atoms with Crippen molar-refractivity contribution in [2.45, 2.75) is 84.9 Å². The fourth-order valence-electron chi connectivity index (χ4n) is 4.80. The number of hydrogen-bond acceptors (Lipinski definition) is 3. The largest absolute Gasteiger partial charge is 0.327 e. The molecule has 0 amide bonds. The van der Waals surface area contributed by atoms with Crippen molar-refractivity contribution in [1.29, 1.82) is 0 Å². The number of rotatable bonds is 6. The molecular weight excluding hydrogens is 298 g/mol. The molecule has 1 rings (SSSR count). The van der Waals surface area contributed by atoms with E-state index >= 15 is 0 Å². The van der Waals surface area contributed by atoms with E-state index < -0.39 is 14.9 Å². The molecule has 22 heavy (non-hydrogen) atoms. The highest BCUT2D eigenvalue weighted by Crippen LogP contribution is 2.56. The maximum atomic E-state index is 11.7. The van der Waals surface area contributed by atoms with E-state index in [0.29, 0.717) is 12.3 Å². The highest BCUT2D eigenvalue weighted by atomic mass is 32.2. The molecule has 3 N–H and O–H groups in total. The third kappa shape index (κ3) is 3.51. The highest BCUT2D eigenvalue weighted by molar-refractivity contribution is 7.87. The van der Waals surface area contributed by atoms with Crippen LogP contribution in [0.2, 0.25) is 0 Å². The van der Waals surface area contributed by atoms with Crippen molar-refractivity contribution in [2.24, 2.45) is 28.4 Å². The molecule has 1 aliphatic rings. The van der Waals surface area contributed by atoms with Crippen LogP contribution in [-0.2, 0) is 10.1 Å². The predicted molar refractivity (Wildman–Crippen MR) is 92.3 cm³/mol. The Labute approximate surface area is 137 Å². The second kappa shape index (κ2) is 6.06. The summed E-state index contributed by atoms with van der Waals surface area (Å²) in [6.45, 7) is 14.0. The first-order valence-corrected chi connectivity index (χ1v) is 9.88. The minimum Gasteiger partial charge on any atom is -0.327 e. The maximum absolute atomic E-state index is 11.7. The fourth-order valence-corrected chi connectivity index (χ4v) is 5.35. The summed E-state index contributed by atoms with van der Waals surface area (Å²) in [4.78, 5) is 0. The number of nitrogens with two attached hydrogens (primary N) is 1. The zero-order valence-corrected chi connectivity index (χ0v) is 16.1. The van der Waals surface area contributed by atoms with Crippen molar-refractivity contribution in [3.63, 3.8) is 0 Å². The van der Waals surface area contributed by atoms with E-state index in [9.17, 15) is 13.0 Å².